The monoisotopic (exact) mass is 225 g/mol. The molecule has 70 valence electrons. The topological polar surface area (TPSA) is 12.9 Å². The molecule has 0 aliphatic carbocycles. The molecule has 0 aliphatic rings. The maximum absolute atomic E-state index is 5.66. The Labute approximate surface area is 88.6 Å². The molecule has 12 heavy (non-hydrogen) atoms. The van der Waals surface area contributed by atoms with Gasteiger partial charge in [-0.25, -0.2) is 4.98 Å². The summed E-state index contributed by atoms with van der Waals surface area (Å²) in [5, 5.41) is 1.16. The minimum Gasteiger partial charge on any atom is -0.249 e. The Balaban J connectivity index is 0.00000121. The lowest BCUT2D eigenvalue weighted by Gasteiger charge is -2.13. The fourth-order valence-electron chi connectivity index (χ4n) is 0.716. The second kappa shape index (κ2) is 4.45. The molecule has 0 N–H and O–H groups in total. The molecule has 0 unspecified atom stereocenters. The van der Waals surface area contributed by atoms with E-state index in [0.717, 1.165) is 9.88 Å². The highest BCUT2D eigenvalue weighted by Gasteiger charge is 2.17. The summed E-state index contributed by atoms with van der Waals surface area (Å²) in [6.45, 7) is 6.47. The molecule has 0 saturated heterocycles. The third-order valence-electron chi connectivity index (χ3n) is 1.33. The first-order valence-corrected chi connectivity index (χ1v) is 4.90. The number of halogens is 2. The molecule has 1 nitrogen and oxygen atoms in total. The van der Waals surface area contributed by atoms with Crippen LogP contribution in [0.1, 0.15) is 30.7 Å². The lowest BCUT2D eigenvalue weighted by Crippen LogP contribution is -2.09. The van der Waals surface area contributed by atoms with Crippen LogP contribution in [0.5, 0.6) is 0 Å². The Morgan fingerprint density at radius 1 is 1.50 bits per heavy atom. The molecule has 0 amide bonds. The van der Waals surface area contributed by atoms with E-state index >= 15 is 0 Å². The lowest BCUT2D eigenvalue weighted by molar-refractivity contribution is 0.585. The van der Waals surface area contributed by atoms with E-state index in [4.69, 9.17) is 11.6 Å². The molecule has 0 atom stereocenters. The molecule has 0 spiro atoms. The zero-order valence-electron chi connectivity index (χ0n) is 7.43. The third kappa shape index (κ3) is 2.92. The smallest absolute Gasteiger partial charge is 0.0981 e. The zero-order valence-corrected chi connectivity index (χ0v) is 9.82. The van der Waals surface area contributed by atoms with E-state index in [1.165, 1.54) is 0 Å². The quantitative estimate of drug-likeness (QED) is 0.666. The van der Waals surface area contributed by atoms with Crippen LogP contribution in [0.2, 0.25) is 0 Å². The van der Waals surface area contributed by atoms with Gasteiger partial charge in [0, 0.05) is 16.5 Å². The summed E-state index contributed by atoms with van der Waals surface area (Å²) in [5.74, 6) is 0.577. The normalized spacial score (nSPS) is 11.0. The highest BCUT2D eigenvalue weighted by molar-refractivity contribution is 7.11. The first kappa shape index (κ1) is 12.2. The maximum atomic E-state index is 5.66. The molecule has 1 aromatic rings. The van der Waals surface area contributed by atoms with Gasteiger partial charge < -0.3 is 0 Å². The Bertz CT molecular complexity index is 239. The van der Waals surface area contributed by atoms with Gasteiger partial charge in [0.15, 0.2) is 0 Å². The second-order valence-corrected chi connectivity index (χ2v) is 4.90. The van der Waals surface area contributed by atoms with Crippen molar-refractivity contribution in [3.63, 3.8) is 0 Å². The van der Waals surface area contributed by atoms with Crippen LogP contribution in [0, 0.1) is 0 Å². The minimum atomic E-state index is 0. The van der Waals surface area contributed by atoms with E-state index in [-0.39, 0.29) is 17.8 Å². The zero-order chi connectivity index (χ0) is 8.48. The van der Waals surface area contributed by atoms with Crippen molar-refractivity contribution in [1.82, 2.24) is 4.98 Å². The van der Waals surface area contributed by atoms with Crippen molar-refractivity contribution in [1.29, 1.82) is 0 Å². The number of aromatic nitrogens is 1. The van der Waals surface area contributed by atoms with E-state index in [1.54, 1.807) is 11.3 Å². The van der Waals surface area contributed by atoms with Gasteiger partial charge in [0.25, 0.3) is 0 Å². The van der Waals surface area contributed by atoms with Crippen LogP contribution < -0.4 is 0 Å². The lowest BCUT2D eigenvalue weighted by atomic mass is 9.98. The molecule has 0 aliphatic heterocycles. The van der Waals surface area contributed by atoms with Gasteiger partial charge in [0.05, 0.1) is 10.9 Å². The van der Waals surface area contributed by atoms with Crippen LogP contribution in [0.15, 0.2) is 6.20 Å². The SMILES string of the molecule is CC(C)(C)c1ncc(CCl)s1.Cl. The molecule has 0 aromatic carbocycles. The predicted octanol–water partition coefficient (Wildman–Crippen LogP) is 3.60. The highest BCUT2D eigenvalue weighted by Crippen LogP contribution is 2.27. The van der Waals surface area contributed by atoms with Crippen LogP contribution in [0.25, 0.3) is 0 Å². The van der Waals surface area contributed by atoms with Crippen LogP contribution in [-0.4, -0.2) is 4.98 Å². The van der Waals surface area contributed by atoms with E-state index in [1.807, 2.05) is 6.20 Å². The van der Waals surface area contributed by atoms with Gasteiger partial charge in [-0.2, -0.15) is 0 Å². The van der Waals surface area contributed by atoms with Crippen molar-refractivity contribution in [2.45, 2.75) is 32.1 Å². The third-order valence-corrected chi connectivity index (χ3v) is 3.20. The summed E-state index contributed by atoms with van der Waals surface area (Å²) in [7, 11) is 0. The van der Waals surface area contributed by atoms with E-state index in [0.29, 0.717) is 5.88 Å². The van der Waals surface area contributed by atoms with Crippen LogP contribution in [-0.2, 0) is 11.3 Å². The molecule has 1 rings (SSSR count). The second-order valence-electron chi connectivity index (χ2n) is 3.52. The van der Waals surface area contributed by atoms with Gasteiger partial charge in [-0.15, -0.1) is 35.3 Å². The van der Waals surface area contributed by atoms with Gasteiger partial charge in [0.1, 0.15) is 0 Å². The number of alkyl halides is 1. The van der Waals surface area contributed by atoms with Crippen LogP contribution in [0.3, 0.4) is 0 Å². The molecule has 1 heterocycles. The Morgan fingerprint density at radius 2 is 2.08 bits per heavy atom. The molecule has 0 radical (unpaired) electrons. The fourth-order valence-corrected chi connectivity index (χ4v) is 1.77. The fraction of sp³-hybridized carbons (Fsp3) is 0.625. The van der Waals surface area contributed by atoms with Crippen molar-refractivity contribution < 1.29 is 0 Å². The van der Waals surface area contributed by atoms with E-state index in [2.05, 4.69) is 25.8 Å². The summed E-state index contributed by atoms with van der Waals surface area (Å²) in [6, 6.07) is 0. The first-order chi connectivity index (χ1) is 5.04. The van der Waals surface area contributed by atoms with Crippen molar-refractivity contribution in [2.75, 3.05) is 0 Å². The van der Waals surface area contributed by atoms with Gasteiger partial charge in [-0.3, -0.25) is 0 Å². The molecule has 0 saturated carbocycles. The van der Waals surface area contributed by atoms with E-state index in [9.17, 15) is 0 Å². The first-order valence-electron chi connectivity index (χ1n) is 3.55. The summed E-state index contributed by atoms with van der Waals surface area (Å²) in [6.07, 6.45) is 1.86. The predicted molar refractivity (Wildman–Crippen MR) is 57.6 cm³/mol. The van der Waals surface area contributed by atoms with Gasteiger partial charge in [-0.05, 0) is 0 Å². The van der Waals surface area contributed by atoms with Gasteiger partial charge in [-0.1, -0.05) is 20.8 Å². The van der Waals surface area contributed by atoms with Crippen molar-refractivity contribution >= 4 is 35.3 Å². The van der Waals surface area contributed by atoms with Crippen LogP contribution >= 0.6 is 35.3 Å². The minimum absolute atomic E-state index is 0. The highest BCUT2D eigenvalue weighted by atomic mass is 35.5. The molecule has 4 heteroatoms. The number of thiazole rings is 1. The van der Waals surface area contributed by atoms with Gasteiger partial charge >= 0.3 is 0 Å². The summed E-state index contributed by atoms with van der Waals surface area (Å²) >= 11 is 7.36. The number of hydrogen-bond donors (Lipinski definition) is 0. The number of hydrogen-bond acceptors (Lipinski definition) is 2. The molecule has 0 fully saturated rings. The standard InChI is InChI=1S/C8H12ClNS.ClH/c1-8(2,3)7-10-5-6(4-9)11-7;/h5H,4H2,1-3H3;1H. The van der Waals surface area contributed by atoms with Crippen LogP contribution in [0.4, 0.5) is 0 Å². The van der Waals surface area contributed by atoms with Crippen molar-refractivity contribution in [3.8, 4) is 0 Å². The summed E-state index contributed by atoms with van der Waals surface area (Å²) < 4.78 is 0. The average Bonchev–Trinajstić information content (AvgIpc) is 2.32. The van der Waals surface area contributed by atoms with Crippen molar-refractivity contribution in [2.24, 2.45) is 0 Å². The molecule has 0 bridgehead atoms. The Morgan fingerprint density at radius 3 is 2.33 bits per heavy atom. The van der Waals surface area contributed by atoms with Gasteiger partial charge in [0.2, 0.25) is 0 Å². The Kier molecular flexibility index (Phi) is 4.53. The largest absolute Gasteiger partial charge is 0.249 e. The maximum Gasteiger partial charge on any atom is 0.0981 e. The van der Waals surface area contributed by atoms with E-state index < -0.39 is 0 Å². The average molecular weight is 226 g/mol. The number of nitrogens with zero attached hydrogens (tertiary/aromatic N) is 1. The summed E-state index contributed by atoms with van der Waals surface area (Å²) in [5.41, 5.74) is 0.162. The molecular formula is C8H13Cl2NS. The summed E-state index contributed by atoms with van der Waals surface area (Å²) in [4.78, 5) is 5.44. The Hall–Kier alpha value is 0.210. The number of rotatable bonds is 1. The molecular weight excluding hydrogens is 213 g/mol. The molecule has 1 aromatic heterocycles. The van der Waals surface area contributed by atoms with Crippen molar-refractivity contribution in [3.05, 3.63) is 16.1 Å².